The molecule has 0 spiro atoms. The van der Waals surface area contributed by atoms with Crippen LogP contribution in [0.4, 0.5) is 0 Å². The second-order valence-corrected chi connectivity index (χ2v) is 5.18. The molecule has 2 aromatic carbocycles. The van der Waals surface area contributed by atoms with Crippen molar-refractivity contribution in [3.8, 4) is 5.75 Å². The van der Waals surface area contributed by atoms with Crippen molar-refractivity contribution in [2.75, 3.05) is 7.05 Å². The molecule has 0 aliphatic heterocycles. The summed E-state index contributed by atoms with van der Waals surface area (Å²) < 4.78 is 0. The first kappa shape index (κ1) is 15.1. The largest absolute Gasteiger partial charge is 0.508 e. The maximum atomic E-state index is 12.3. The highest BCUT2D eigenvalue weighted by Crippen LogP contribution is 2.19. The smallest absolute Gasteiger partial charge is 0.254 e. The Balaban J connectivity index is 2.09. The van der Waals surface area contributed by atoms with E-state index >= 15 is 0 Å². The summed E-state index contributed by atoms with van der Waals surface area (Å²) in [5.41, 5.74) is 8.91. The summed E-state index contributed by atoms with van der Waals surface area (Å²) in [5, 5.41) is 9.70. The second-order valence-electron chi connectivity index (χ2n) is 5.18. The molecule has 4 nitrogen and oxygen atoms in total. The third-order valence-electron chi connectivity index (χ3n) is 3.48. The Bertz CT molecular complexity index is 636. The van der Waals surface area contributed by atoms with Gasteiger partial charge in [0.05, 0.1) is 0 Å². The number of carbonyl (C=O) groups excluding carboxylic acids is 1. The molecule has 0 aromatic heterocycles. The van der Waals surface area contributed by atoms with Crippen LogP contribution in [0, 0.1) is 6.92 Å². The van der Waals surface area contributed by atoms with E-state index in [2.05, 4.69) is 0 Å². The molecule has 0 radical (unpaired) electrons. The first-order valence-corrected chi connectivity index (χ1v) is 6.84. The fraction of sp³-hybridized carbons (Fsp3) is 0.235. The molecule has 0 heterocycles. The molecule has 2 aromatic rings. The van der Waals surface area contributed by atoms with E-state index < -0.39 is 0 Å². The number of rotatable bonds is 4. The summed E-state index contributed by atoms with van der Waals surface area (Å²) in [5.74, 6) is 0.0229. The maximum absolute atomic E-state index is 12.3. The van der Waals surface area contributed by atoms with Gasteiger partial charge >= 0.3 is 0 Å². The van der Waals surface area contributed by atoms with E-state index in [1.165, 1.54) is 6.07 Å². The number of nitrogens with zero attached hydrogens (tertiary/aromatic N) is 1. The summed E-state index contributed by atoms with van der Waals surface area (Å²) >= 11 is 0. The van der Waals surface area contributed by atoms with Crippen LogP contribution in [-0.4, -0.2) is 23.0 Å². The first-order chi connectivity index (χ1) is 10.0. The van der Waals surface area contributed by atoms with Crippen molar-refractivity contribution in [2.24, 2.45) is 5.73 Å². The van der Waals surface area contributed by atoms with Crippen LogP contribution in [-0.2, 0) is 13.1 Å². The zero-order chi connectivity index (χ0) is 15.4. The van der Waals surface area contributed by atoms with Crippen molar-refractivity contribution < 1.29 is 9.90 Å². The SMILES string of the molecule is Cc1ccc(C(=O)N(C)Cc2ccc(CN)cc2)cc1O. The van der Waals surface area contributed by atoms with Gasteiger partial charge in [-0.05, 0) is 35.7 Å². The van der Waals surface area contributed by atoms with Crippen LogP contribution in [0.1, 0.15) is 27.0 Å². The highest BCUT2D eigenvalue weighted by Gasteiger charge is 2.13. The molecular formula is C17H20N2O2. The van der Waals surface area contributed by atoms with Crippen molar-refractivity contribution in [3.63, 3.8) is 0 Å². The molecule has 0 unspecified atom stereocenters. The average molecular weight is 284 g/mol. The molecule has 4 heteroatoms. The molecular weight excluding hydrogens is 264 g/mol. The van der Waals surface area contributed by atoms with Gasteiger partial charge in [0, 0.05) is 25.7 Å². The Hall–Kier alpha value is -2.33. The first-order valence-electron chi connectivity index (χ1n) is 6.84. The van der Waals surface area contributed by atoms with E-state index in [0.717, 1.165) is 16.7 Å². The van der Waals surface area contributed by atoms with Gasteiger partial charge < -0.3 is 15.7 Å². The normalized spacial score (nSPS) is 10.4. The Morgan fingerprint density at radius 3 is 2.33 bits per heavy atom. The van der Waals surface area contributed by atoms with Crippen LogP contribution in [0.3, 0.4) is 0 Å². The average Bonchev–Trinajstić information content (AvgIpc) is 2.50. The molecule has 0 atom stereocenters. The van der Waals surface area contributed by atoms with Crippen LogP contribution in [0.15, 0.2) is 42.5 Å². The van der Waals surface area contributed by atoms with E-state index in [-0.39, 0.29) is 11.7 Å². The molecule has 3 N–H and O–H groups in total. The summed E-state index contributed by atoms with van der Waals surface area (Å²) in [7, 11) is 1.75. The van der Waals surface area contributed by atoms with Gasteiger partial charge in [0.15, 0.2) is 0 Å². The predicted octanol–water partition coefficient (Wildman–Crippen LogP) is 2.43. The van der Waals surface area contributed by atoms with E-state index in [1.807, 2.05) is 24.3 Å². The number of aryl methyl sites for hydroxylation is 1. The Morgan fingerprint density at radius 2 is 1.76 bits per heavy atom. The quantitative estimate of drug-likeness (QED) is 0.906. The second kappa shape index (κ2) is 6.41. The van der Waals surface area contributed by atoms with Gasteiger partial charge in [-0.3, -0.25) is 4.79 Å². The molecule has 0 saturated carbocycles. The van der Waals surface area contributed by atoms with Gasteiger partial charge in [-0.15, -0.1) is 0 Å². The minimum absolute atomic E-state index is 0.117. The summed E-state index contributed by atoms with van der Waals surface area (Å²) in [6, 6.07) is 12.8. The van der Waals surface area contributed by atoms with Gasteiger partial charge in [0.2, 0.25) is 0 Å². The van der Waals surface area contributed by atoms with E-state index in [9.17, 15) is 9.90 Å². The van der Waals surface area contributed by atoms with E-state index in [4.69, 9.17) is 5.73 Å². The molecule has 0 saturated heterocycles. The summed E-state index contributed by atoms with van der Waals surface area (Å²) in [4.78, 5) is 14.0. The van der Waals surface area contributed by atoms with E-state index in [1.54, 1.807) is 31.0 Å². The lowest BCUT2D eigenvalue weighted by Crippen LogP contribution is -2.26. The van der Waals surface area contributed by atoms with Crippen molar-refractivity contribution in [1.29, 1.82) is 0 Å². The Labute approximate surface area is 124 Å². The number of phenolic OH excluding ortho intramolecular Hbond substituents is 1. The predicted molar refractivity (Wildman–Crippen MR) is 83.0 cm³/mol. The van der Waals surface area contributed by atoms with Gasteiger partial charge in [-0.1, -0.05) is 30.3 Å². The molecule has 2 rings (SSSR count). The van der Waals surface area contributed by atoms with Gasteiger partial charge in [-0.25, -0.2) is 0 Å². The maximum Gasteiger partial charge on any atom is 0.254 e. The number of aromatic hydroxyl groups is 1. The standard InChI is InChI=1S/C17H20N2O2/c1-12-3-8-15(9-16(12)20)17(21)19(2)11-14-6-4-13(10-18)5-7-14/h3-9,20H,10-11,18H2,1-2H3. The Morgan fingerprint density at radius 1 is 1.14 bits per heavy atom. The zero-order valence-corrected chi connectivity index (χ0v) is 12.3. The summed E-state index contributed by atoms with van der Waals surface area (Å²) in [6.07, 6.45) is 0. The third kappa shape index (κ3) is 3.61. The van der Waals surface area contributed by atoms with Crippen LogP contribution in [0.25, 0.3) is 0 Å². The van der Waals surface area contributed by atoms with E-state index in [0.29, 0.717) is 18.7 Å². The lowest BCUT2D eigenvalue weighted by Gasteiger charge is -2.18. The number of phenols is 1. The highest BCUT2D eigenvalue weighted by atomic mass is 16.3. The number of nitrogens with two attached hydrogens (primary N) is 1. The van der Waals surface area contributed by atoms with Crippen molar-refractivity contribution in [3.05, 3.63) is 64.7 Å². The van der Waals surface area contributed by atoms with Crippen LogP contribution < -0.4 is 5.73 Å². The van der Waals surface area contributed by atoms with Crippen molar-refractivity contribution >= 4 is 5.91 Å². The highest BCUT2D eigenvalue weighted by molar-refractivity contribution is 5.94. The molecule has 0 bridgehead atoms. The monoisotopic (exact) mass is 284 g/mol. The minimum atomic E-state index is -0.117. The molecule has 110 valence electrons. The lowest BCUT2D eigenvalue weighted by molar-refractivity contribution is 0.0784. The van der Waals surface area contributed by atoms with Gasteiger partial charge in [0.1, 0.15) is 5.75 Å². The van der Waals surface area contributed by atoms with Crippen molar-refractivity contribution in [2.45, 2.75) is 20.0 Å². The number of benzene rings is 2. The molecule has 0 aliphatic rings. The minimum Gasteiger partial charge on any atom is -0.508 e. The molecule has 0 fully saturated rings. The fourth-order valence-electron chi connectivity index (χ4n) is 2.09. The number of hydrogen-bond acceptors (Lipinski definition) is 3. The Kier molecular flexibility index (Phi) is 4.60. The van der Waals surface area contributed by atoms with Gasteiger partial charge in [0.25, 0.3) is 5.91 Å². The topological polar surface area (TPSA) is 66.6 Å². The number of hydrogen-bond donors (Lipinski definition) is 2. The molecule has 0 aliphatic carbocycles. The third-order valence-corrected chi connectivity index (χ3v) is 3.48. The van der Waals surface area contributed by atoms with Gasteiger partial charge in [-0.2, -0.15) is 0 Å². The molecule has 1 amide bonds. The lowest BCUT2D eigenvalue weighted by atomic mass is 10.1. The summed E-state index contributed by atoms with van der Waals surface area (Å²) in [6.45, 7) is 2.82. The number of amides is 1. The molecule has 21 heavy (non-hydrogen) atoms. The van der Waals surface area contributed by atoms with Crippen LogP contribution >= 0.6 is 0 Å². The zero-order valence-electron chi connectivity index (χ0n) is 12.3. The van der Waals surface area contributed by atoms with Crippen LogP contribution in [0.2, 0.25) is 0 Å². The van der Waals surface area contributed by atoms with Crippen LogP contribution in [0.5, 0.6) is 5.75 Å². The fourth-order valence-corrected chi connectivity index (χ4v) is 2.09. The van der Waals surface area contributed by atoms with Crippen molar-refractivity contribution in [1.82, 2.24) is 4.90 Å². The number of carbonyl (C=O) groups is 1.